The van der Waals surface area contributed by atoms with E-state index < -0.39 is 24.6 Å². The van der Waals surface area contributed by atoms with Crippen LogP contribution in [0.15, 0.2) is 30.5 Å². The molecule has 0 aliphatic rings. The molecule has 3 nitrogen and oxygen atoms in total. The monoisotopic (exact) mass is 323 g/mol. The van der Waals surface area contributed by atoms with Crippen LogP contribution in [0.5, 0.6) is 0 Å². The predicted molar refractivity (Wildman–Crippen MR) is 72.4 cm³/mol. The Bertz CT molecular complexity index is 574. The average molecular weight is 324 g/mol. The molecule has 0 saturated carbocycles. The van der Waals surface area contributed by atoms with Gasteiger partial charge in [-0.15, -0.1) is 12.4 Å². The molecule has 2 aromatic rings. The molecule has 21 heavy (non-hydrogen) atoms. The molecular formula is C13H14ClF4N3. The Morgan fingerprint density at radius 2 is 1.90 bits per heavy atom. The highest BCUT2D eigenvalue weighted by Crippen LogP contribution is 2.09. The lowest BCUT2D eigenvalue weighted by Crippen LogP contribution is -2.15. The van der Waals surface area contributed by atoms with Crippen LogP contribution in [0.4, 0.5) is 17.6 Å². The van der Waals surface area contributed by atoms with Gasteiger partial charge in [0.1, 0.15) is 18.2 Å². The number of hydrogen-bond donors (Lipinski definition) is 1. The molecular weight excluding hydrogens is 310 g/mol. The second kappa shape index (κ2) is 7.99. The average Bonchev–Trinajstić information content (AvgIpc) is 2.80. The number of alkyl halides is 2. The minimum absolute atomic E-state index is 0. The van der Waals surface area contributed by atoms with E-state index in [2.05, 4.69) is 10.4 Å². The fraction of sp³-hybridized carbons (Fsp3) is 0.308. The number of rotatable bonds is 6. The maximum atomic E-state index is 13.3. The van der Waals surface area contributed by atoms with E-state index in [0.29, 0.717) is 5.69 Å². The number of nitrogens with one attached hydrogen (secondary N) is 1. The highest BCUT2D eigenvalue weighted by Gasteiger charge is 2.07. The van der Waals surface area contributed by atoms with Gasteiger partial charge in [0.25, 0.3) is 6.43 Å². The van der Waals surface area contributed by atoms with E-state index >= 15 is 0 Å². The summed E-state index contributed by atoms with van der Waals surface area (Å²) < 4.78 is 51.7. The number of halogens is 5. The highest BCUT2D eigenvalue weighted by molar-refractivity contribution is 5.85. The smallest absolute Gasteiger partial charge is 0.257 e. The molecule has 0 aliphatic carbocycles. The van der Waals surface area contributed by atoms with Crippen LogP contribution < -0.4 is 5.32 Å². The van der Waals surface area contributed by atoms with Gasteiger partial charge in [-0.2, -0.15) is 5.10 Å². The Hall–Kier alpha value is -1.60. The van der Waals surface area contributed by atoms with Crippen molar-refractivity contribution >= 4 is 12.4 Å². The molecule has 0 unspecified atom stereocenters. The van der Waals surface area contributed by atoms with Gasteiger partial charge in [0.15, 0.2) is 0 Å². The lowest BCUT2D eigenvalue weighted by Gasteiger charge is -2.05. The molecule has 8 heteroatoms. The number of nitrogens with zero attached hydrogens (tertiary/aromatic N) is 2. The van der Waals surface area contributed by atoms with Crippen molar-refractivity contribution in [2.24, 2.45) is 0 Å². The molecule has 0 spiro atoms. The van der Waals surface area contributed by atoms with Crippen molar-refractivity contribution in [1.82, 2.24) is 15.1 Å². The molecule has 0 fully saturated rings. The predicted octanol–water partition coefficient (Wildman–Crippen LogP) is 3.14. The summed E-state index contributed by atoms with van der Waals surface area (Å²) in [5.41, 5.74) is 0.763. The van der Waals surface area contributed by atoms with E-state index in [-0.39, 0.29) is 31.1 Å². The lowest BCUT2D eigenvalue weighted by molar-refractivity contribution is 0.121. The van der Waals surface area contributed by atoms with E-state index in [1.54, 1.807) is 6.07 Å². The summed E-state index contributed by atoms with van der Waals surface area (Å²) in [5, 5.41) is 6.81. The fourth-order valence-electron chi connectivity index (χ4n) is 1.75. The molecule has 0 atom stereocenters. The van der Waals surface area contributed by atoms with Crippen LogP contribution >= 0.6 is 12.4 Å². The summed E-state index contributed by atoms with van der Waals surface area (Å²) in [5.74, 6) is -1.01. The first-order valence-electron chi connectivity index (χ1n) is 5.99. The molecule has 0 saturated heterocycles. The molecule has 0 aliphatic heterocycles. The van der Waals surface area contributed by atoms with Gasteiger partial charge in [-0.3, -0.25) is 4.68 Å². The summed E-state index contributed by atoms with van der Waals surface area (Å²) in [7, 11) is 0. The van der Waals surface area contributed by atoms with E-state index in [1.807, 2.05) is 0 Å². The Labute approximate surface area is 125 Å². The van der Waals surface area contributed by atoms with Crippen molar-refractivity contribution in [1.29, 1.82) is 0 Å². The summed E-state index contributed by atoms with van der Waals surface area (Å²) in [6.45, 7) is -0.0456. The third kappa shape index (κ3) is 5.35. The summed E-state index contributed by atoms with van der Waals surface area (Å²) in [6, 6.07) is 4.81. The number of aromatic nitrogens is 2. The first-order valence-corrected chi connectivity index (χ1v) is 5.99. The molecule has 1 heterocycles. The Kier molecular flexibility index (Phi) is 6.64. The molecule has 0 radical (unpaired) electrons. The highest BCUT2D eigenvalue weighted by atomic mass is 35.5. The lowest BCUT2D eigenvalue weighted by atomic mass is 10.2. The number of benzene rings is 1. The van der Waals surface area contributed by atoms with Crippen molar-refractivity contribution in [2.45, 2.75) is 26.1 Å². The van der Waals surface area contributed by atoms with Crippen molar-refractivity contribution in [3.8, 4) is 0 Å². The first kappa shape index (κ1) is 17.5. The third-order valence-electron chi connectivity index (χ3n) is 2.65. The molecule has 1 N–H and O–H groups in total. The van der Waals surface area contributed by atoms with Crippen LogP contribution in [0.2, 0.25) is 0 Å². The SMILES string of the molecule is Cl.Fc1ccc(F)c(CNCc2ccn(CC(F)F)n2)c1. The first-order chi connectivity index (χ1) is 9.54. The van der Waals surface area contributed by atoms with Crippen molar-refractivity contribution in [3.05, 3.63) is 53.4 Å². The molecule has 116 valence electrons. The normalized spacial score (nSPS) is 10.7. The molecule has 0 bridgehead atoms. The van der Waals surface area contributed by atoms with Gasteiger partial charge in [0, 0.05) is 24.8 Å². The molecule has 1 aromatic heterocycles. The van der Waals surface area contributed by atoms with Gasteiger partial charge < -0.3 is 5.32 Å². The third-order valence-corrected chi connectivity index (χ3v) is 2.65. The molecule has 0 amide bonds. The summed E-state index contributed by atoms with van der Waals surface area (Å²) in [6.07, 6.45) is -1.01. The zero-order valence-electron chi connectivity index (χ0n) is 10.9. The van der Waals surface area contributed by atoms with Crippen molar-refractivity contribution in [3.63, 3.8) is 0 Å². The van der Waals surface area contributed by atoms with Crippen molar-refractivity contribution in [2.75, 3.05) is 0 Å². The van der Waals surface area contributed by atoms with Crippen LogP contribution in [-0.4, -0.2) is 16.2 Å². The van der Waals surface area contributed by atoms with Gasteiger partial charge in [0.05, 0.1) is 5.69 Å². The quantitative estimate of drug-likeness (QED) is 0.828. The summed E-state index contributed by atoms with van der Waals surface area (Å²) >= 11 is 0. The Morgan fingerprint density at radius 1 is 1.14 bits per heavy atom. The van der Waals surface area contributed by atoms with Gasteiger partial charge in [0.2, 0.25) is 0 Å². The van der Waals surface area contributed by atoms with Gasteiger partial charge in [-0.05, 0) is 24.3 Å². The van der Waals surface area contributed by atoms with Crippen LogP contribution in [0.3, 0.4) is 0 Å². The minimum atomic E-state index is -2.46. The van der Waals surface area contributed by atoms with E-state index in [0.717, 1.165) is 22.9 Å². The Balaban J connectivity index is 0.00000220. The topological polar surface area (TPSA) is 29.9 Å². The maximum Gasteiger partial charge on any atom is 0.257 e. The minimum Gasteiger partial charge on any atom is -0.307 e. The van der Waals surface area contributed by atoms with Crippen LogP contribution in [0.25, 0.3) is 0 Å². The van der Waals surface area contributed by atoms with Crippen molar-refractivity contribution < 1.29 is 17.6 Å². The maximum absolute atomic E-state index is 13.3. The standard InChI is InChI=1S/C13H13F4N3.ClH/c14-10-1-2-12(15)9(5-10)6-18-7-11-3-4-20(19-11)8-13(16)17;/h1-5,13,18H,6-8H2;1H. The number of hydrogen-bond acceptors (Lipinski definition) is 2. The second-order valence-corrected chi connectivity index (χ2v) is 4.26. The van der Waals surface area contributed by atoms with Crippen LogP contribution in [-0.2, 0) is 19.6 Å². The second-order valence-electron chi connectivity index (χ2n) is 4.26. The molecule has 2 rings (SSSR count). The molecule has 1 aromatic carbocycles. The van der Waals surface area contributed by atoms with Gasteiger partial charge in [-0.25, -0.2) is 17.6 Å². The summed E-state index contributed by atoms with van der Waals surface area (Å²) in [4.78, 5) is 0. The zero-order chi connectivity index (χ0) is 14.5. The van der Waals surface area contributed by atoms with E-state index in [1.165, 1.54) is 6.20 Å². The van der Waals surface area contributed by atoms with Crippen LogP contribution in [0, 0.1) is 11.6 Å². The van der Waals surface area contributed by atoms with Gasteiger partial charge in [-0.1, -0.05) is 0 Å². The zero-order valence-corrected chi connectivity index (χ0v) is 11.7. The van der Waals surface area contributed by atoms with Crippen LogP contribution in [0.1, 0.15) is 11.3 Å². The van der Waals surface area contributed by atoms with E-state index in [9.17, 15) is 17.6 Å². The fourth-order valence-corrected chi connectivity index (χ4v) is 1.75. The Morgan fingerprint density at radius 3 is 2.62 bits per heavy atom. The van der Waals surface area contributed by atoms with E-state index in [4.69, 9.17) is 0 Å². The van der Waals surface area contributed by atoms with Gasteiger partial charge >= 0.3 is 0 Å². The largest absolute Gasteiger partial charge is 0.307 e.